The first-order valence-corrected chi connectivity index (χ1v) is 9.48. The standard InChI is InChI=1S/C17H31BN6O4/c1-9(2)7-11(19)15(26)23-12(8-21-18)17(28)24-6-4-5-13(24)16(27)22-10(3)14(20)25/h9-13,21H,4-8,19H2,1-3H3,(H2,20,25)(H,22,27)(H,23,26). The highest BCUT2D eigenvalue weighted by atomic mass is 16.2. The van der Waals surface area contributed by atoms with Crippen molar-refractivity contribution in [2.75, 3.05) is 13.1 Å². The first-order valence-electron chi connectivity index (χ1n) is 9.48. The molecule has 4 amide bonds. The summed E-state index contributed by atoms with van der Waals surface area (Å²) in [6.07, 6.45) is 1.55. The number of rotatable bonds is 10. The summed E-state index contributed by atoms with van der Waals surface area (Å²) in [7, 11) is 5.36. The zero-order valence-electron chi connectivity index (χ0n) is 16.7. The van der Waals surface area contributed by atoms with Crippen molar-refractivity contribution in [1.82, 2.24) is 20.8 Å². The Bertz CT molecular complexity index is 588. The number of carbonyl (C=O) groups excluding carboxylic acids is 4. The fourth-order valence-corrected chi connectivity index (χ4v) is 3.10. The number of primary amides is 1. The van der Waals surface area contributed by atoms with Gasteiger partial charge in [0.25, 0.3) is 0 Å². The van der Waals surface area contributed by atoms with Crippen molar-refractivity contribution in [2.24, 2.45) is 17.4 Å². The molecule has 4 atom stereocenters. The molecule has 1 aliphatic rings. The van der Waals surface area contributed by atoms with Crippen molar-refractivity contribution in [3.8, 4) is 0 Å². The van der Waals surface area contributed by atoms with Crippen molar-refractivity contribution in [3.63, 3.8) is 0 Å². The maximum Gasteiger partial charge on any atom is 0.247 e. The minimum atomic E-state index is -0.960. The average molecular weight is 394 g/mol. The molecule has 4 unspecified atom stereocenters. The lowest BCUT2D eigenvalue weighted by Gasteiger charge is -2.30. The Morgan fingerprint density at radius 3 is 2.36 bits per heavy atom. The van der Waals surface area contributed by atoms with E-state index in [0.29, 0.717) is 25.8 Å². The molecular formula is C17H31BN6O4. The summed E-state index contributed by atoms with van der Waals surface area (Å²) >= 11 is 0. The van der Waals surface area contributed by atoms with Crippen LogP contribution >= 0.6 is 0 Å². The molecule has 0 aliphatic carbocycles. The molecule has 1 rings (SSSR count). The van der Waals surface area contributed by atoms with Gasteiger partial charge in [0.1, 0.15) is 18.1 Å². The summed E-state index contributed by atoms with van der Waals surface area (Å²) in [5.41, 5.74) is 11.0. The van der Waals surface area contributed by atoms with E-state index in [1.165, 1.54) is 11.8 Å². The van der Waals surface area contributed by atoms with Gasteiger partial charge in [0.15, 0.2) is 7.98 Å². The van der Waals surface area contributed by atoms with Gasteiger partial charge in [-0.1, -0.05) is 13.8 Å². The van der Waals surface area contributed by atoms with Crippen LogP contribution < -0.4 is 27.3 Å². The monoisotopic (exact) mass is 394 g/mol. The number of hydrogen-bond acceptors (Lipinski definition) is 6. The molecule has 1 aliphatic heterocycles. The molecule has 10 nitrogen and oxygen atoms in total. The summed E-state index contributed by atoms with van der Waals surface area (Å²) in [5.74, 6) is -1.79. The number of amides is 4. The van der Waals surface area contributed by atoms with Crippen LogP contribution in [0.3, 0.4) is 0 Å². The van der Waals surface area contributed by atoms with Crippen molar-refractivity contribution in [1.29, 1.82) is 0 Å². The lowest BCUT2D eigenvalue weighted by Crippen LogP contribution is -2.59. The molecule has 28 heavy (non-hydrogen) atoms. The number of likely N-dealkylation sites (tertiary alicyclic amines) is 1. The minimum absolute atomic E-state index is 0.0124. The van der Waals surface area contributed by atoms with E-state index in [2.05, 4.69) is 15.9 Å². The van der Waals surface area contributed by atoms with Crippen molar-refractivity contribution in [3.05, 3.63) is 0 Å². The predicted molar refractivity (Wildman–Crippen MR) is 105 cm³/mol. The Hall–Kier alpha value is -2.14. The highest BCUT2D eigenvalue weighted by Gasteiger charge is 2.38. The Morgan fingerprint density at radius 2 is 1.82 bits per heavy atom. The Kier molecular flexibility index (Phi) is 9.40. The van der Waals surface area contributed by atoms with Crippen LogP contribution in [0.4, 0.5) is 0 Å². The van der Waals surface area contributed by atoms with Crippen LogP contribution in [-0.4, -0.2) is 73.8 Å². The van der Waals surface area contributed by atoms with Crippen LogP contribution in [-0.2, 0) is 19.2 Å². The minimum Gasteiger partial charge on any atom is -0.368 e. The summed E-state index contributed by atoms with van der Waals surface area (Å²) in [4.78, 5) is 50.3. The molecule has 0 bridgehead atoms. The predicted octanol–water partition coefficient (Wildman–Crippen LogP) is -2.50. The number of hydrogen-bond donors (Lipinski definition) is 5. The van der Waals surface area contributed by atoms with Gasteiger partial charge < -0.3 is 32.2 Å². The topological polar surface area (TPSA) is 160 Å². The third-order valence-electron chi connectivity index (χ3n) is 4.62. The molecule has 1 saturated heterocycles. The van der Waals surface area contributed by atoms with Crippen molar-refractivity contribution >= 4 is 31.6 Å². The van der Waals surface area contributed by atoms with Crippen LogP contribution in [0.1, 0.15) is 40.0 Å². The molecule has 1 fully saturated rings. The highest BCUT2D eigenvalue weighted by molar-refractivity contribution is 6.04. The lowest BCUT2D eigenvalue weighted by atomic mass is 10.0. The van der Waals surface area contributed by atoms with Gasteiger partial charge in [-0.2, -0.15) is 0 Å². The van der Waals surface area contributed by atoms with Crippen LogP contribution in [0.25, 0.3) is 0 Å². The number of nitrogens with one attached hydrogen (secondary N) is 3. The second-order valence-electron chi connectivity index (χ2n) is 7.53. The molecular weight excluding hydrogens is 363 g/mol. The van der Waals surface area contributed by atoms with Gasteiger partial charge in [-0.3, -0.25) is 19.2 Å². The van der Waals surface area contributed by atoms with Crippen LogP contribution in [0.5, 0.6) is 0 Å². The van der Waals surface area contributed by atoms with E-state index in [-0.39, 0.29) is 12.5 Å². The van der Waals surface area contributed by atoms with Crippen molar-refractivity contribution < 1.29 is 19.2 Å². The third kappa shape index (κ3) is 6.79. The normalized spacial score (nSPS) is 19.8. The number of nitrogens with zero attached hydrogens (tertiary/aromatic N) is 1. The van der Waals surface area contributed by atoms with Gasteiger partial charge in [0.05, 0.1) is 6.04 Å². The fraction of sp³-hybridized carbons (Fsp3) is 0.765. The average Bonchev–Trinajstić information content (AvgIpc) is 3.09. The lowest BCUT2D eigenvalue weighted by molar-refractivity contribution is -0.142. The molecule has 7 N–H and O–H groups in total. The fourth-order valence-electron chi connectivity index (χ4n) is 3.10. The van der Waals surface area contributed by atoms with E-state index >= 15 is 0 Å². The molecule has 1 heterocycles. The number of nitrogens with two attached hydrogens (primary N) is 2. The maximum atomic E-state index is 13.0. The first kappa shape index (κ1) is 23.9. The molecule has 156 valence electrons. The Balaban J connectivity index is 2.83. The first-order chi connectivity index (χ1) is 13.1. The Labute approximate surface area is 166 Å². The van der Waals surface area contributed by atoms with Gasteiger partial charge in [-0.15, -0.1) is 0 Å². The van der Waals surface area contributed by atoms with E-state index in [1.807, 2.05) is 13.8 Å². The zero-order valence-corrected chi connectivity index (χ0v) is 16.7. The molecule has 2 radical (unpaired) electrons. The molecule has 0 aromatic carbocycles. The van der Waals surface area contributed by atoms with E-state index in [9.17, 15) is 19.2 Å². The second-order valence-corrected chi connectivity index (χ2v) is 7.53. The SMILES string of the molecule is [B]NCC(NC(=O)C(N)CC(C)C)C(=O)N1CCCC1C(=O)NC(C)C(N)=O. The van der Waals surface area contributed by atoms with Crippen LogP contribution in [0.15, 0.2) is 0 Å². The zero-order chi connectivity index (χ0) is 21.4. The highest BCUT2D eigenvalue weighted by Crippen LogP contribution is 2.19. The van der Waals surface area contributed by atoms with E-state index in [1.54, 1.807) is 0 Å². The second kappa shape index (κ2) is 11.0. The van der Waals surface area contributed by atoms with Crippen LogP contribution in [0, 0.1) is 5.92 Å². The summed E-state index contributed by atoms with van der Waals surface area (Å²) in [5, 5.41) is 7.50. The van der Waals surface area contributed by atoms with Gasteiger partial charge >= 0.3 is 0 Å². The van der Waals surface area contributed by atoms with Gasteiger partial charge in [0, 0.05) is 13.1 Å². The quantitative estimate of drug-likeness (QED) is 0.258. The molecule has 0 spiro atoms. The molecule has 0 saturated carbocycles. The van der Waals surface area contributed by atoms with Gasteiger partial charge in [0.2, 0.25) is 23.6 Å². The van der Waals surface area contributed by atoms with Crippen molar-refractivity contribution in [2.45, 2.75) is 64.2 Å². The van der Waals surface area contributed by atoms with E-state index in [0.717, 1.165) is 0 Å². The number of carbonyl (C=O) groups is 4. The summed E-state index contributed by atoms with van der Waals surface area (Å²) < 4.78 is 0. The Morgan fingerprint density at radius 1 is 1.18 bits per heavy atom. The summed E-state index contributed by atoms with van der Waals surface area (Å²) in [6, 6.07) is -3.30. The molecule has 0 aromatic rings. The third-order valence-corrected chi connectivity index (χ3v) is 4.62. The molecule has 0 aromatic heterocycles. The van der Waals surface area contributed by atoms with E-state index < -0.39 is 47.8 Å². The summed E-state index contributed by atoms with van der Waals surface area (Å²) in [6.45, 7) is 5.70. The molecule has 11 heteroatoms. The van der Waals surface area contributed by atoms with Gasteiger partial charge in [-0.05, 0) is 32.1 Å². The largest absolute Gasteiger partial charge is 0.368 e. The smallest absolute Gasteiger partial charge is 0.247 e. The van der Waals surface area contributed by atoms with Crippen LogP contribution in [0.2, 0.25) is 0 Å². The van der Waals surface area contributed by atoms with Gasteiger partial charge in [-0.25, -0.2) is 0 Å². The maximum absolute atomic E-state index is 13.0. The van der Waals surface area contributed by atoms with E-state index in [4.69, 9.17) is 19.4 Å².